The smallest absolute Gasteiger partial charge is 0.306 e. The number of nitrogens with zero attached hydrogens (tertiary/aromatic N) is 1. The molecule has 1 fully saturated rings. The normalized spacial score (nSPS) is 25.1. The summed E-state index contributed by atoms with van der Waals surface area (Å²) in [4.78, 5) is 10.9. The second kappa shape index (κ2) is 6.46. The van der Waals surface area contributed by atoms with Crippen LogP contribution in [0.5, 0.6) is 0 Å². The topological polar surface area (TPSA) is 93.4 Å². The summed E-state index contributed by atoms with van der Waals surface area (Å²) in [6, 6.07) is 7.44. The number of benzene rings is 1. The molecule has 0 bridgehead atoms. The van der Waals surface area contributed by atoms with Crippen molar-refractivity contribution in [3.8, 4) is 6.07 Å². The van der Waals surface area contributed by atoms with Gasteiger partial charge in [0.2, 0.25) is 0 Å². The molecule has 3 N–H and O–H groups in total. The van der Waals surface area contributed by atoms with E-state index in [0.29, 0.717) is 43.5 Å². The van der Waals surface area contributed by atoms with Crippen LogP contribution in [0.15, 0.2) is 22.7 Å². The van der Waals surface area contributed by atoms with Gasteiger partial charge in [0, 0.05) is 11.0 Å². The number of carbonyl (C=O) groups is 1. The van der Waals surface area contributed by atoms with Gasteiger partial charge in [0.25, 0.3) is 0 Å². The molecule has 0 saturated heterocycles. The fourth-order valence-corrected chi connectivity index (χ4v) is 2.96. The predicted molar refractivity (Wildman–Crippen MR) is 81.9 cm³/mol. The quantitative estimate of drug-likeness (QED) is 0.774. The Morgan fingerprint density at radius 1 is 1.48 bits per heavy atom. The van der Waals surface area contributed by atoms with Crippen LogP contribution in [0.2, 0.25) is 0 Å². The van der Waals surface area contributed by atoms with Gasteiger partial charge in [-0.3, -0.25) is 4.79 Å². The zero-order valence-corrected chi connectivity index (χ0v) is 13.1. The van der Waals surface area contributed by atoms with Gasteiger partial charge in [-0.1, -0.05) is 15.9 Å². The lowest BCUT2D eigenvalue weighted by molar-refractivity contribution is -0.144. The minimum atomic E-state index is -0.911. The monoisotopic (exact) mass is 352 g/mol. The van der Waals surface area contributed by atoms with Gasteiger partial charge in [-0.15, -0.1) is 0 Å². The number of anilines is 1. The number of aliphatic carboxylic acids is 1. The maximum atomic E-state index is 10.9. The second-order valence-electron chi connectivity index (χ2n) is 5.49. The predicted octanol–water partition coefficient (Wildman–Crippen LogP) is 2.74. The van der Waals surface area contributed by atoms with Gasteiger partial charge in [0.15, 0.2) is 0 Å². The summed E-state index contributed by atoms with van der Waals surface area (Å²) in [6.07, 6.45) is 1.88. The molecule has 0 aliphatic heterocycles. The maximum Gasteiger partial charge on any atom is 0.306 e. The van der Waals surface area contributed by atoms with Crippen LogP contribution >= 0.6 is 15.9 Å². The molecule has 2 rings (SSSR count). The third-order valence-corrected chi connectivity index (χ3v) is 4.47. The highest BCUT2D eigenvalue weighted by Gasteiger charge is 2.35. The van der Waals surface area contributed by atoms with Crippen molar-refractivity contribution in [2.75, 3.05) is 11.9 Å². The van der Waals surface area contributed by atoms with Crippen LogP contribution in [-0.2, 0) is 4.79 Å². The number of rotatable bonds is 4. The maximum absolute atomic E-state index is 10.9. The summed E-state index contributed by atoms with van der Waals surface area (Å²) >= 11 is 3.31. The number of halogens is 1. The Morgan fingerprint density at radius 2 is 2.14 bits per heavy atom. The first kappa shape index (κ1) is 15.8. The first-order chi connectivity index (χ1) is 9.93. The van der Waals surface area contributed by atoms with E-state index in [4.69, 9.17) is 10.4 Å². The number of nitrogens with one attached hydrogen (secondary N) is 1. The number of hydrogen-bond acceptors (Lipinski definition) is 4. The highest BCUT2D eigenvalue weighted by Crippen LogP contribution is 2.33. The van der Waals surface area contributed by atoms with E-state index in [9.17, 15) is 9.90 Å². The molecule has 21 heavy (non-hydrogen) atoms. The van der Waals surface area contributed by atoms with Gasteiger partial charge < -0.3 is 15.5 Å². The molecule has 0 spiro atoms. The van der Waals surface area contributed by atoms with Gasteiger partial charge in [-0.25, -0.2) is 0 Å². The Balaban J connectivity index is 1.97. The van der Waals surface area contributed by atoms with Crippen LogP contribution in [0, 0.1) is 17.2 Å². The van der Waals surface area contributed by atoms with E-state index in [1.54, 1.807) is 12.1 Å². The summed E-state index contributed by atoms with van der Waals surface area (Å²) in [5.74, 6) is -1.14. The van der Waals surface area contributed by atoms with E-state index >= 15 is 0 Å². The minimum Gasteiger partial charge on any atom is -0.481 e. The van der Waals surface area contributed by atoms with Gasteiger partial charge in [-0.05, 0) is 43.9 Å². The molecular weight excluding hydrogens is 336 g/mol. The van der Waals surface area contributed by atoms with E-state index in [2.05, 4.69) is 27.3 Å². The lowest BCUT2D eigenvalue weighted by Crippen LogP contribution is -2.41. The van der Waals surface area contributed by atoms with Crippen LogP contribution in [0.1, 0.15) is 31.2 Å². The minimum absolute atomic E-state index is 0.315. The SMILES string of the molecule is N#Cc1cc(Br)ccc1NCC1(O)CCC(C(=O)O)CC1. The molecule has 0 unspecified atom stereocenters. The largest absolute Gasteiger partial charge is 0.481 e. The molecule has 0 amide bonds. The number of aliphatic hydroxyl groups is 1. The second-order valence-corrected chi connectivity index (χ2v) is 6.41. The Morgan fingerprint density at radius 3 is 2.71 bits per heavy atom. The molecule has 0 atom stereocenters. The third-order valence-electron chi connectivity index (χ3n) is 3.98. The Hall–Kier alpha value is -1.58. The van der Waals surface area contributed by atoms with Crippen molar-refractivity contribution in [2.24, 2.45) is 5.92 Å². The summed E-state index contributed by atoms with van der Waals surface area (Å²) in [5.41, 5.74) is 0.271. The number of nitriles is 1. The molecule has 112 valence electrons. The lowest BCUT2D eigenvalue weighted by atomic mass is 9.79. The molecule has 1 saturated carbocycles. The number of hydrogen-bond donors (Lipinski definition) is 3. The molecular formula is C15H17BrN2O3. The first-order valence-electron chi connectivity index (χ1n) is 6.82. The molecule has 1 aliphatic carbocycles. The average Bonchev–Trinajstić information content (AvgIpc) is 2.46. The van der Waals surface area contributed by atoms with Crippen molar-refractivity contribution < 1.29 is 15.0 Å². The summed E-state index contributed by atoms with van der Waals surface area (Å²) in [5, 5.41) is 31.7. The van der Waals surface area contributed by atoms with Gasteiger partial charge in [0.1, 0.15) is 6.07 Å². The van der Waals surface area contributed by atoms with Crippen molar-refractivity contribution in [3.05, 3.63) is 28.2 Å². The van der Waals surface area contributed by atoms with Gasteiger partial charge >= 0.3 is 5.97 Å². The standard InChI is InChI=1S/C15H17BrN2O3/c16-12-1-2-13(11(7-12)8-17)18-9-15(21)5-3-10(4-6-15)14(19)20/h1-2,7,10,18,21H,3-6,9H2,(H,19,20). The summed E-state index contributed by atoms with van der Waals surface area (Å²) in [7, 11) is 0. The number of carboxylic acids is 1. The molecule has 5 nitrogen and oxygen atoms in total. The van der Waals surface area contributed by atoms with Gasteiger partial charge in [-0.2, -0.15) is 5.26 Å². The molecule has 0 radical (unpaired) electrons. The van der Waals surface area contributed by atoms with E-state index in [1.165, 1.54) is 0 Å². The molecule has 0 aromatic heterocycles. The van der Waals surface area contributed by atoms with E-state index in [1.807, 2.05) is 6.07 Å². The molecule has 0 heterocycles. The zero-order valence-electron chi connectivity index (χ0n) is 11.5. The van der Waals surface area contributed by atoms with Crippen molar-refractivity contribution >= 4 is 27.6 Å². The fraction of sp³-hybridized carbons (Fsp3) is 0.467. The lowest BCUT2D eigenvalue weighted by Gasteiger charge is -2.35. The fourth-order valence-electron chi connectivity index (χ4n) is 2.60. The van der Waals surface area contributed by atoms with E-state index in [-0.39, 0.29) is 5.92 Å². The first-order valence-corrected chi connectivity index (χ1v) is 7.61. The Labute approximate surface area is 131 Å². The zero-order chi connectivity index (χ0) is 15.5. The molecule has 1 aromatic carbocycles. The van der Waals surface area contributed by atoms with Crippen LogP contribution in [0.3, 0.4) is 0 Å². The summed E-state index contributed by atoms with van der Waals surface area (Å²) < 4.78 is 0.824. The number of carboxylic acid groups (broad SMARTS) is 1. The van der Waals surface area contributed by atoms with Gasteiger partial charge in [0.05, 0.1) is 22.8 Å². The van der Waals surface area contributed by atoms with Crippen molar-refractivity contribution in [2.45, 2.75) is 31.3 Å². The van der Waals surface area contributed by atoms with Crippen molar-refractivity contribution in [1.29, 1.82) is 5.26 Å². The molecule has 1 aliphatic rings. The van der Waals surface area contributed by atoms with Crippen molar-refractivity contribution in [1.82, 2.24) is 0 Å². The average molecular weight is 353 g/mol. The van der Waals surface area contributed by atoms with Crippen LogP contribution in [-0.4, -0.2) is 28.3 Å². The van der Waals surface area contributed by atoms with E-state index in [0.717, 1.165) is 4.47 Å². The third kappa shape index (κ3) is 3.96. The Kier molecular flexibility index (Phi) is 4.86. The van der Waals surface area contributed by atoms with Crippen LogP contribution in [0.4, 0.5) is 5.69 Å². The van der Waals surface area contributed by atoms with Crippen LogP contribution in [0.25, 0.3) is 0 Å². The van der Waals surface area contributed by atoms with Crippen molar-refractivity contribution in [3.63, 3.8) is 0 Å². The summed E-state index contributed by atoms with van der Waals surface area (Å²) in [6.45, 7) is 0.315. The van der Waals surface area contributed by atoms with Crippen LogP contribution < -0.4 is 5.32 Å². The highest BCUT2D eigenvalue weighted by atomic mass is 79.9. The molecule has 6 heteroatoms. The highest BCUT2D eigenvalue weighted by molar-refractivity contribution is 9.10. The van der Waals surface area contributed by atoms with E-state index < -0.39 is 11.6 Å². The molecule has 1 aromatic rings. The Bertz CT molecular complexity index is 575.